The zero-order valence-electron chi connectivity index (χ0n) is 9.01. The van der Waals surface area contributed by atoms with E-state index >= 15 is 0 Å². The number of thiophene rings is 1. The fourth-order valence-electron chi connectivity index (χ4n) is 1.58. The SMILES string of the molecule is Cc1cc(C(N)c2csc(I)c2)c(Cl)cc1F. The molecule has 2 rings (SSSR count). The van der Waals surface area contributed by atoms with E-state index in [1.807, 2.05) is 11.4 Å². The molecule has 1 unspecified atom stereocenters. The average Bonchev–Trinajstić information content (AvgIpc) is 2.69. The Bertz CT molecular complexity index is 555. The molecule has 0 aliphatic rings. The zero-order chi connectivity index (χ0) is 12.6. The van der Waals surface area contributed by atoms with Gasteiger partial charge in [0.05, 0.1) is 8.93 Å². The van der Waals surface area contributed by atoms with Crippen molar-refractivity contribution in [3.05, 3.63) is 54.0 Å². The first-order valence-electron chi connectivity index (χ1n) is 4.94. The normalized spacial score (nSPS) is 12.8. The molecule has 0 bridgehead atoms. The lowest BCUT2D eigenvalue weighted by Gasteiger charge is -2.13. The van der Waals surface area contributed by atoms with E-state index in [9.17, 15) is 4.39 Å². The van der Waals surface area contributed by atoms with Gasteiger partial charge in [0.25, 0.3) is 0 Å². The summed E-state index contributed by atoms with van der Waals surface area (Å²) in [6.07, 6.45) is 0. The van der Waals surface area contributed by atoms with Crippen molar-refractivity contribution in [3.63, 3.8) is 0 Å². The molecule has 5 heteroatoms. The number of nitrogens with two attached hydrogens (primary N) is 1. The molecular formula is C12H10ClFINS. The minimum Gasteiger partial charge on any atom is -0.320 e. The molecule has 17 heavy (non-hydrogen) atoms. The molecule has 1 atom stereocenters. The summed E-state index contributed by atoms with van der Waals surface area (Å²) in [5, 5.41) is 2.38. The van der Waals surface area contributed by atoms with E-state index in [4.69, 9.17) is 17.3 Å². The molecule has 0 aliphatic heterocycles. The van der Waals surface area contributed by atoms with Crippen molar-refractivity contribution in [2.24, 2.45) is 5.73 Å². The van der Waals surface area contributed by atoms with Crippen LogP contribution in [-0.4, -0.2) is 0 Å². The summed E-state index contributed by atoms with van der Waals surface area (Å²) in [6, 6.07) is 4.75. The predicted octanol–water partition coefficient (Wildman–Crippen LogP) is 4.50. The average molecular weight is 382 g/mol. The van der Waals surface area contributed by atoms with Crippen molar-refractivity contribution in [2.75, 3.05) is 0 Å². The van der Waals surface area contributed by atoms with Crippen LogP contribution in [0.3, 0.4) is 0 Å². The molecule has 1 heterocycles. The van der Waals surface area contributed by atoms with E-state index in [-0.39, 0.29) is 11.9 Å². The first-order valence-corrected chi connectivity index (χ1v) is 7.27. The summed E-state index contributed by atoms with van der Waals surface area (Å²) < 4.78 is 14.5. The van der Waals surface area contributed by atoms with Crippen LogP contribution in [0.15, 0.2) is 23.6 Å². The summed E-state index contributed by atoms with van der Waals surface area (Å²) in [4.78, 5) is 0. The zero-order valence-corrected chi connectivity index (χ0v) is 12.7. The van der Waals surface area contributed by atoms with Crippen LogP contribution in [0, 0.1) is 15.6 Å². The van der Waals surface area contributed by atoms with Gasteiger partial charge in [-0.25, -0.2) is 4.39 Å². The molecule has 0 amide bonds. The number of hydrogen-bond donors (Lipinski definition) is 1. The Labute approximate surface area is 122 Å². The molecule has 2 aromatic rings. The Hall–Kier alpha value is -0.170. The first kappa shape index (κ1) is 13.3. The summed E-state index contributed by atoms with van der Waals surface area (Å²) in [5.41, 5.74) is 8.48. The lowest BCUT2D eigenvalue weighted by molar-refractivity contribution is 0.617. The maximum absolute atomic E-state index is 13.3. The largest absolute Gasteiger partial charge is 0.320 e. The predicted molar refractivity (Wildman–Crippen MR) is 79.2 cm³/mol. The van der Waals surface area contributed by atoms with Crippen LogP contribution in [0.25, 0.3) is 0 Å². The van der Waals surface area contributed by atoms with Gasteiger partial charge in [-0.1, -0.05) is 11.6 Å². The van der Waals surface area contributed by atoms with Crippen molar-refractivity contribution in [1.29, 1.82) is 0 Å². The number of hydrogen-bond acceptors (Lipinski definition) is 2. The highest BCUT2D eigenvalue weighted by Crippen LogP contribution is 2.31. The van der Waals surface area contributed by atoms with Gasteiger partial charge in [0, 0.05) is 5.02 Å². The number of aryl methyl sites for hydroxylation is 1. The van der Waals surface area contributed by atoms with Gasteiger partial charge in [0.1, 0.15) is 5.82 Å². The van der Waals surface area contributed by atoms with Gasteiger partial charge < -0.3 is 5.73 Å². The molecule has 90 valence electrons. The van der Waals surface area contributed by atoms with Crippen molar-refractivity contribution in [2.45, 2.75) is 13.0 Å². The summed E-state index contributed by atoms with van der Waals surface area (Å²) >= 11 is 9.91. The summed E-state index contributed by atoms with van der Waals surface area (Å²) in [5.74, 6) is -0.300. The molecule has 2 N–H and O–H groups in total. The molecule has 0 saturated heterocycles. The fraction of sp³-hybridized carbons (Fsp3) is 0.167. The Morgan fingerprint density at radius 2 is 2.12 bits per heavy atom. The molecule has 0 aliphatic carbocycles. The second kappa shape index (κ2) is 5.22. The van der Waals surface area contributed by atoms with Gasteiger partial charge >= 0.3 is 0 Å². The molecule has 0 saturated carbocycles. The van der Waals surface area contributed by atoms with Crippen molar-refractivity contribution in [1.82, 2.24) is 0 Å². The molecular weight excluding hydrogens is 372 g/mol. The first-order chi connectivity index (χ1) is 7.99. The lowest BCUT2D eigenvalue weighted by atomic mass is 10.0. The van der Waals surface area contributed by atoms with Crippen LogP contribution in [0.2, 0.25) is 5.02 Å². The van der Waals surface area contributed by atoms with Gasteiger partial charge in [-0.05, 0) is 69.8 Å². The van der Waals surface area contributed by atoms with Gasteiger partial charge in [-0.2, -0.15) is 0 Å². The summed E-state index contributed by atoms with van der Waals surface area (Å²) in [7, 11) is 0. The third kappa shape index (κ3) is 2.81. The third-order valence-corrected chi connectivity index (χ3v) is 4.69. The van der Waals surface area contributed by atoms with Gasteiger partial charge in [-0.15, -0.1) is 11.3 Å². The summed E-state index contributed by atoms with van der Waals surface area (Å²) in [6.45, 7) is 1.71. The monoisotopic (exact) mass is 381 g/mol. The van der Waals surface area contributed by atoms with E-state index in [2.05, 4.69) is 22.6 Å². The quantitative estimate of drug-likeness (QED) is 0.762. The van der Waals surface area contributed by atoms with E-state index < -0.39 is 0 Å². The minimum atomic E-state index is -0.304. The highest BCUT2D eigenvalue weighted by molar-refractivity contribution is 14.1. The van der Waals surface area contributed by atoms with Crippen molar-refractivity contribution in [3.8, 4) is 0 Å². The van der Waals surface area contributed by atoms with Gasteiger partial charge in [-0.3, -0.25) is 0 Å². The Kier molecular flexibility index (Phi) is 4.07. The standard InChI is InChI=1S/C12H10ClFINS/c1-6-2-8(9(13)4-10(6)14)12(16)7-3-11(15)17-5-7/h2-5,12H,16H2,1H3. The Morgan fingerprint density at radius 1 is 1.41 bits per heavy atom. The number of benzene rings is 1. The van der Waals surface area contributed by atoms with Crippen LogP contribution in [0.1, 0.15) is 22.7 Å². The molecule has 1 aromatic heterocycles. The van der Waals surface area contributed by atoms with Crippen LogP contribution in [0.5, 0.6) is 0 Å². The Morgan fingerprint density at radius 3 is 2.71 bits per heavy atom. The fourth-order valence-corrected chi connectivity index (χ4v) is 3.26. The second-order valence-corrected chi connectivity index (χ2v) is 7.00. The van der Waals surface area contributed by atoms with Gasteiger partial charge in [0.2, 0.25) is 0 Å². The van der Waals surface area contributed by atoms with Crippen LogP contribution in [-0.2, 0) is 0 Å². The maximum Gasteiger partial charge on any atom is 0.127 e. The smallest absolute Gasteiger partial charge is 0.127 e. The molecule has 0 spiro atoms. The van der Waals surface area contributed by atoms with Crippen molar-refractivity contribution < 1.29 is 4.39 Å². The van der Waals surface area contributed by atoms with Crippen molar-refractivity contribution >= 4 is 45.5 Å². The maximum atomic E-state index is 13.3. The molecule has 1 aromatic carbocycles. The number of rotatable bonds is 2. The lowest BCUT2D eigenvalue weighted by Crippen LogP contribution is -2.12. The number of halogens is 3. The highest BCUT2D eigenvalue weighted by Gasteiger charge is 2.15. The van der Waals surface area contributed by atoms with E-state index in [1.54, 1.807) is 24.3 Å². The molecule has 0 radical (unpaired) electrons. The van der Waals surface area contributed by atoms with Crippen LogP contribution < -0.4 is 5.73 Å². The van der Waals surface area contributed by atoms with Crippen LogP contribution >= 0.6 is 45.5 Å². The minimum absolute atomic E-state index is 0.300. The van der Waals surface area contributed by atoms with Crippen LogP contribution in [0.4, 0.5) is 4.39 Å². The van der Waals surface area contributed by atoms with E-state index in [0.29, 0.717) is 10.6 Å². The second-order valence-electron chi connectivity index (χ2n) is 3.78. The topological polar surface area (TPSA) is 26.0 Å². The van der Waals surface area contributed by atoms with E-state index in [0.717, 1.165) is 11.1 Å². The van der Waals surface area contributed by atoms with Gasteiger partial charge in [0.15, 0.2) is 0 Å². The highest BCUT2D eigenvalue weighted by atomic mass is 127. The third-order valence-electron chi connectivity index (χ3n) is 2.56. The molecule has 1 nitrogen and oxygen atoms in total. The van der Waals surface area contributed by atoms with E-state index in [1.165, 1.54) is 8.95 Å². The Balaban J connectivity index is 2.43. The molecule has 0 fully saturated rings.